The molecule has 0 aliphatic carbocycles. The van der Waals surface area contributed by atoms with Crippen LogP contribution in [0.3, 0.4) is 0 Å². The van der Waals surface area contributed by atoms with Gasteiger partial charge in [0.15, 0.2) is 0 Å². The van der Waals surface area contributed by atoms with Gasteiger partial charge in [-0.25, -0.2) is 4.79 Å². The van der Waals surface area contributed by atoms with Crippen molar-refractivity contribution >= 4 is 0 Å². The van der Waals surface area contributed by atoms with Crippen LogP contribution in [0.25, 0.3) is 0 Å². The number of H-pyrrole nitrogens is 1. The average Bonchev–Trinajstić information content (AvgIpc) is 2.57. The third-order valence-corrected chi connectivity index (χ3v) is 3.71. The highest BCUT2D eigenvalue weighted by Crippen LogP contribution is 2.38. The maximum Gasteiger partial charge on any atom is 0.330 e. The zero-order valence-electron chi connectivity index (χ0n) is 10.3. The van der Waals surface area contributed by atoms with Crippen LogP contribution in [-0.2, 0) is 4.74 Å². The van der Waals surface area contributed by atoms with E-state index in [1.807, 2.05) is 0 Å². The topological polar surface area (TPSA) is 64.1 Å². The molecule has 0 spiro atoms. The normalized spacial score (nSPS) is 32.9. The Labute approximate surface area is 99.4 Å². The van der Waals surface area contributed by atoms with Gasteiger partial charge >= 0.3 is 5.69 Å². The van der Waals surface area contributed by atoms with Crippen LogP contribution in [0.1, 0.15) is 33.4 Å². The number of aromatic nitrogens is 2. The van der Waals surface area contributed by atoms with Crippen molar-refractivity contribution in [3.63, 3.8) is 0 Å². The minimum Gasteiger partial charge on any atom is -0.354 e. The highest BCUT2D eigenvalue weighted by atomic mass is 16.5. The number of aromatic amines is 1. The van der Waals surface area contributed by atoms with Crippen molar-refractivity contribution in [3.05, 3.63) is 33.1 Å². The van der Waals surface area contributed by atoms with Crippen molar-refractivity contribution in [1.29, 1.82) is 0 Å². The molecule has 5 heteroatoms. The SMILES string of the molecule is CC[C@H]1O[C@@H](n2ccc(=O)[nH]c2=O)[C@@H](C)[C@@H]1C. The molecule has 0 unspecified atom stereocenters. The molecular formula is C12H18N2O3. The van der Waals surface area contributed by atoms with Gasteiger partial charge in [-0.3, -0.25) is 14.3 Å². The van der Waals surface area contributed by atoms with E-state index in [0.29, 0.717) is 5.92 Å². The Morgan fingerprint density at radius 2 is 2.06 bits per heavy atom. The van der Waals surface area contributed by atoms with Crippen LogP contribution in [0.5, 0.6) is 0 Å². The van der Waals surface area contributed by atoms with Crippen molar-refractivity contribution in [2.45, 2.75) is 39.5 Å². The van der Waals surface area contributed by atoms with Gasteiger partial charge in [0.2, 0.25) is 0 Å². The van der Waals surface area contributed by atoms with Gasteiger partial charge in [0.25, 0.3) is 5.56 Å². The van der Waals surface area contributed by atoms with Crippen molar-refractivity contribution in [2.24, 2.45) is 11.8 Å². The van der Waals surface area contributed by atoms with Gasteiger partial charge < -0.3 is 4.74 Å². The third kappa shape index (κ3) is 2.07. The van der Waals surface area contributed by atoms with E-state index in [1.54, 1.807) is 0 Å². The molecule has 0 bridgehead atoms. The van der Waals surface area contributed by atoms with Crippen LogP contribution in [0.4, 0.5) is 0 Å². The lowest BCUT2D eigenvalue weighted by atomic mass is 9.91. The number of rotatable bonds is 2. The third-order valence-electron chi connectivity index (χ3n) is 3.71. The summed E-state index contributed by atoms with van der Waals surface area (Å²) in [5.74, 6) is 0.660. The Balaban J connectivity index is 2.35. The first-order valence-electron chi connectivity index (χ1n) is 6.01. The van der Waals surface area contributed by atoms with Crippen LogP contribution >= 0.6 is 0 Å². The highest BCUT2D eigenvalue weighted by molar-refractivity contribution is 4.89. The van der Waals surface area contributed by atoms with Crippen molar-refractivity contribution < 1.29 is 4.74 Å². The second-order valence-corrected chi connectivity index (χ2v) is 4.71. The van der Waals surface area contributed by atoms with Crippen LogP contribution in [0.15, 0.2) is 21.9 Å². The molecule has 0 saturated carbocycles. The monoisotopic (exact) mass is 238 g/mol. The lowest BCUT2D eigenvalue weighted by Gasteiger charge is -2.18. The van der Waals surface area contributed by atoms with E-state index in [4.69, 9.17) is 4.74 Å². The Morgan fingerprint density at radius 1 is 1.35 bits per heavy atom. The van der Waals surface area contributed by atoms with E-state index in [2.05, 4.69) is 25.8 Å². The van der Waals surface area contributed by atoms with Gasteiger partial charge in [-0.05, 0) is 12.3 Å². The van der Waals surface area contributed by atoms with Crippen molar-refractivity contribution in [2.75, 3.05) is 0 Å². The zero-order valence-corrected chi connectivity index (χ0v) is 10.3. The fourth-order valence-electron chi connectivity index (χ4n) is 2.44. The first kappa shape index (κ1) is 12.1. The minimum absolute atomic E-state index is 0.175. The van der Waals surface area contributed by atoms with E-state index in [0.717, 1.165) is 6.42 Å². The van der Waals surface area contributed by atoms with Gasteiger partial charge in [-0.15, -0.1) is 0 Å². The number of nitrogens with zero attached hydrogens (tertiary/aromatic N) is 1. The average molecular weight is 238 g/mol. The standard InChI is InChI=1S/C12H18N2O3/c1-4-9-7(2)8(3)11(17-9)14-6-5-10(15)13-12(14)16/h5-9,11H,4H2,1-3H3,(H,13,15,16)/t7-,8-,9+,11+/m0/s1. The minimum atomic E-state index is -0.404. The lowest BCUT2D eigenvalue weighted by molar-refractivity contribution is -0.0168. The summed E-state index contributed by atoms with van der Waals surface area (Å²) >= 11 is 0. The van der Waals surface area contributed by atoms with Gasteiger partial charge in [0.05, 0.1) is 6.10 Å². The number of ether oxygens (including phenoxy) is 1. The molecule has 1 N–H and O–H groups in total. The van der Waals surface area contributed by atoms with Crippen molar-refractivity contribution in [3.8, 4) is 0 Å². The fraction of sp³-hybridized carbons (Fsp3) is 0.667. The quantitative estimate of drug-likeness (QED) is 0.839. The summed E-state index contributed by atoms with van der Waals surface area (Å²) in [5.41, 5.74) is -0.782. The molecule has 1 aliphatic rings. The molecule has 1 aliphatic heterocycles. The van der Waals surface area contributed by atoms with E-state index in [1.165, 1.54) is 16.8 Å². The molecule has 94 valence electrons. The summed E-state index contributed by atoms with van der Waals surface area (Å²) in [5, 5.41) is 0. The summed E-state index contributed by atoms with van der Waals surface area (Å²) < 4.78 is 7.35. The summed E-state index contributed by atoms with van der Waals surface area (Å²) in [6.45, 7) is 6.28. The molecule has 2 heterocycles. The van der Waals surface area contributed by atoms with Crippen LogP contribution in [-0.4, -0.2) is 15.7 Å². The van der Waals surface area contributed by atoms with Gasteiger partial charge in [0, 0.05) is 18.2 Å². The maximum atomic E-state index is 11.7. The maximum absolute atomic E-state index is 11.7. The summed E-state index contributed by atoms with van der Waals surface area (Å²) in [6.07, 6.45) is 2.33. The molecule has 1 aromatic rings. The van der Waals surface area contributed by atoms with E-state index < -0.39 is 5.69 Å². The first-order valence-corrected chi connectivity index (χ1v) is 6.01. The van der Waals surface area contributed by atoms with Crippen LogP contribution in [0, 0.1) is 11.8 Å². The van der Waals surface area contributed by atoms with Crippen molar-refractivity contribution in [1.82, 2.24) is 9.55 Å². The predicted octanol–water partition coefficient (Wildman–Crippen LogP) is 1.12. The summed E-state index contributed by atoms with van der Waals surface area (Å²) in [4.78, 5) is 25.0. The largest absolute Gasteiger partial charge is 0.354 e. The number of nitrogens with one attached hydrogen (secondary N) is 1. The van der Waals surface area contributed by atoms with Crippen LogP contribution < -0.4 is 11.2 Å². The van der Waals surface area contributed by atoms with E-state index in [9.17, 15) is 9.59 Å². The molecule has 1 aromatic heterocycles. The molecule has 4 atom stereocenters. The molecule has 17 heavy (non-hydrogen) atoms. The molecule has 5 nitrogen and oxygen atoms in total. The Kier molecular flexibility index (Phi) is 3.19. The van der Waals surface area contributed by atoms with E-state index >= 15 is 0 Å². The van der Waals surface area contributed by atoms with Gasteiger partial charge in [0.1, 0.15) is 6.23 Å². The second-order valence-electron chi connectivity index (χ2n) is 4.71. The summed E-state index contributed by atoms with van der Waals surface area (Å²) in [6, 6.07) is 1.35. The number of hydrogen-bond acceptors (Lipinski definition) is 3. The Morgan fingerprint density at radius 3 is 2.59 bits per heavy atom. The summed E-state index contributed by atoms with van der Waals surface area (Å²) in [7, 11) is 0. The molecular weight excluding hydrogens is 220 g/mol. The van der Waals surface area contributed by atoms with Crippen LogP contribution in [0.2, 0.25) is 0 Å². The predicted molar refractivity (Wildman–Crippen MR) is 63.9 cm³/mol. The second kappa shape index (κ2) is 4.49. The molecule has 0 radical (unpaired) electrons. The molecule has 1 saturated heterocycles. The first-order chi connectivity index (χ1) is 8.04. The smallest absolute Gasteiger partial charge is 0.330 e. The Hall–Kier alpha value is -1.36. The molecule has 0 amide bonds. The van der Waals surface area contributed by atoms with Gasteiger partial charge in [-0.2, -0.15) is 0 Å². The highest BCUT2D eigenvalue weighted by Gasteiger charge is 2.39. The van der Waals surface area contributed by atoms with E-state index in [-0.39, 0.29) is 23.8 Å². The number of hydrogen-bond donors (Lipinski definition) is 1. The Bertz CT molecular complexity index is 505. The zero-order chi connectivity index (χ0) is 12.6. The molecule has 2 rings (SSSR count). The molecule has 0 aromatic carbocycles. The fourth-order valence-corrected chi connectivity index (χ4v) is 2.44. The molecule has 1 fully saturated rings. The lowest BCUT2D eigenvalue weighted by Crippen LogP contribution is -2.33. The van der Waals surface area contributed by atoms with Gasteiger partial charge in [-0.1, -0.05) is 20.8 Å².